The number of carbonyl (C=O) groups is 2. The number of hydrogen-bond donors (Lipinski definition) is 1. The summed E-state index contributed by atoms with van der Waals surface area (Å²) >= 11 is 0. The highest BCUT2D eigenvalue weighted by Gasteiger charge is 2.24. The van der Waals surface area contributed by atoms with E-state index < -0.39 is 23.3 Å². The molecule has 5 rings (SSSR count). The zero-order valence-corrected chi connectivity index (χ0v) is 16.5. The van der Waals surface area contributed by atoms with Crippen LogP contribution >= 0.6 is 0 Å². The third kappa shape index (κ3) is 3.54. The smallest absolute Gasteiger partial charge is 0.230 e. The summed E-state index contributed by atoms with van der Waals surface area (Å²) in [6, 6.07) is 16.0. The van der Waals surface area contributed by atoms with Crippen molar-refractivity contribution in [3.05, 3.63) is 102 Å². The molecule has 0 saturated carbocycles. The molecule has 0 spiro atoms. The van der Waals surface area contributed by atoms with Crippen LogP contribution in [0.2, 0.25) is 0 Å². The van der Waals surface area contributed by atoms with Crippen molar-refractivity contribution in [1.29, 1.82) is 0 Å². The highest BCUT2D eigenvalue weighted by atomic mass is 19.1. The van der Waals surface area contributed by atoms with Gasteiger partial charge in [-0.3, -0.25) is 9.59 Å². The van der Waals surface area contributed by atoms with Gasteiger partial charge in [-0.15, -0.1) is 0 Å². The predicted octanol–water partition coefficient (Wildman–Crippen LogP) is 5.87. The van der Waals surface area contributed by atoms with Gasteiger partial charge in [0.05, 0.1) is 18.4 Å². The Bertz CT molecular complexity index is 1480. The normalized spacial score (nSPS) is 11.2. The zero-order valence-electron chi connectivity index (χ0n) is 16.5. The van der Waals surface area contributed by atoms with Gasteiger partial charge in [0.2, 0.25) is 11.7 Å². The van der Waals surface area contributed by atoms with Crippen LogP contribution in [0.4, 0.5) is 14.5 Å². The Kier molecular flexibility index (Phi) is 4.78. The first-order chi connectivity index (χ1) is 15.5. The molecule has 7 heteroatoms. The van der Waals surface area contributed by atoms with E-state index in [1.165, 1.54) is 48.7 Å². The molecule has 0 aliphatic heterocycles. The Morgan fingerprint density at radius 3 is 2.41 bits per heavy atom. The van der Waals surface area contributed by atoms with E-state index in [1.807, 2.05) is 0 Å². The fraction of sp³-hybridized carbons (Fsp3) is 0.0400. The summed E-state index contributed by atoms with van der Waals surface area (Å²) in [5, 5.41) is 3.80. The van der Waals surface area contributed by atoms with Crippen molar-refractivity contribution in [3.8, 4) is 0 Å². The number of hydrogen-bond acceptors (Lipinski definition) is 4. The van der Waals surface area contributed by atoms with E-state index in [9.17, 15) is 18.4 Å². The number of carbonyl (C=O) groups excluding carboxylic acids is 2. The maximum Gasteiger partial charge on any atom is 0.230 e. The van der Waals surface area contributed by atoms with Gasteiger partial charge in [0.25, 0.3) is 0 Å². The minimum Gasteiger partial charge on any atom is -0.464 e. The first kappa shape index (κ1) is 19.7. The second-order valence-corrected chi connectivity index (χ2v) is 7.26. The number of amides is 1. The van der Waals surface area contributed by atoms with Crippen molar-refractivity contribution >= 4 is 39.3 Å². The van der Waals surface area contributed by atoms with Gasteiger partial charge >= 0.3 is 0 Å². The van der Waals surface area contributed by atoms with Crippen molar-refractivity contribution in [2.75, 3.05) is 5.32 Å². The molecule has 158 valence electrons. The molecule has 32 heavy (non-hydrogen) atoms. The highest BCUT2D eigenvalue weighted by molar-refractivity contribution is 6.17. The van der Waals surface area contributed by atoms with Gasteiger partial charge in [0.1, 0.15) is 22.8 Å². The van der Waals surface area contributed by atoms with Gasteiger partial charge in [0.15, 0.2) is 5.76 Å². The first-order valence-corrected chi connectivity index (χ1v) is 9.77. The van der Waals surface area contributed by atoms with Gasteiger partial charge < -0.3 is 14.2 Å². The van der Waals surface area contributed by atoms with E-state index >= 15 is 0 Å². The number of ketones is 1. The first-order valence-electron chi connectivity index (χ1n) is 9.77. The lowest BCUT2D eigenvalue weighted by atomic mass is 10.1. The second kappa shape index (κ2) is 7.77. The van der Waals surface area contributed by atoms with E-state index in [0.29, 0.717) is 27.5 Å². The van der Waals surface area contributed by atoms with Crippen LogP contribution in [0, 0.1) is 11.6 Å². The van der Waals surface area contributed by atoms with E-state index in [0.717, 1.165) is 0 Å². The number of furan rings is 2. The fourth-order valence-corrected chi connectivity index (χ4v) is 3.61. The zero-order chi connectivity index (χ0) is 22.2. The highest BCUT2D eigenvalue weighted by Crippen LogP contribution is 2.33. The molecule has 3 aromatic carbocycles. The molecule has 0 aliphatic carbocycles. The molecule has 0 saturated heterocycles. The standard InChI is InChI=1S/C25H15F2NO4/c26-16-7-5-14(6-8-16)24(30)25-23(18-3-1-2-4-21(18)32-25)28-22(29)11-15-13-31-20-10-9-17(27)12-19(15)20/h1-10,12-13H,11H2,(H,28,29). The number of nitrogens with one attached hydrogen (secondary N) is 1. The molecule has 2 aromatic heterocycles. The number of para-hydroxylation sites is 1. The lowest BCUT2D eigenvalue weighted by Crippen LogP contribution is -2.16. The maximum atomic E-state index is 13.6. The predicted molar refractivity (Wildman–Crippen MR) is 115 cm³/mol. The van der Waals surface area contributed by atoms with Gasteiger partial charge in [0, 0.05) is 21.9 Å². The summed E-state index contributed by atoms with van der Waals surface area (Å²) in [6.07, 6.45) is 1.31. The van der Waals surface area contributed by atoms with Crippen molar-refractivity contribution in [3.63, 3.8) is 0 Å². The third-order valence-corrected chi connectivity index (χ3v) is 5.14. The van der Waals surface area contributed by atoms with Gasteiger partial charge in [-0.05, 0) is 54.6 Å². The largest absolute Gasteiger partial charge is 0.464 e. The Morgan fingerprint density at radius 2 is 1.59 bits per heavy atom. The summed E-state index contributed by atoms with van der Waals surface area (Å²) in [7, 11) is 0. The summed E-state index contributed by atoms with van der Waals surface area (Å²) in [6.45, 7) is 0. The van der Waals surface area contributed by atoms with Crippen LogP contribution in [-0.2, 0) is 11.2 Å². The summed E-state index contributed by atoms with van der Waals surface area (Å²) in [5.74, 6) is -1.89. The van der Waals surface area contributed by atoms with Crippen molar-refractivity contribution in [2.45, 2.75) is 6.42 Å². The Labute approximate surface area is 180 Å². The molecule has 0 aliphatic rings. The van der Waals surface area contributed by atoms with Crippen LogP contribution in [0.5, 0.6) is 0 Å². The Hall–Kier alpha value is -4.26. The topological polar surface area (TPSA) is 72.5 Å². The summed E-state index contributed by atoms with van der Waals surface area (Å²) in [5.41, 5.74) is 1.84. The van der Waals surface area contributed by atoms with Crippen LogP contribution in [0.3, 0.4) is 0 Å². The van der Waals surface area contributed by atoms with Crippen molar-refractivity contribution in [2.24, 2.45) is 0 Å². The minimum atomic E-state index is -0.493. The van der Waals surface area contributed by atoms with Crippen molar-refractivity contribution < 1.29 is 27.2 Å². The number of benzene rings is 3. The maximum absolute atomic E-state index is 13.6. The number of rotatable bonds is 5. The van der Waals surface area contributed by atoms with E-state index in [2.05, 4.69) is 5.32 Å². The van der Waals surface area contributed by atoms with Crippen LogP contribution < -0.4 is 5.32 Å². The van der Waals surface area contributed by atoms with E-state index in [-0.39, 0.29) is 23.4 Å². The average Bonchev–Trinajstić information content (AvgIpc) is 3.35. The minimum absolute atomic E-state index is 0.0609. The second-order valence-electron chi connectivity index (χ2n) is 7.26. The number of fused-ring (bicyclic) bond motifs is 2. The lowest BCUT2D eigenvalue weighted by Gasteiger charge is -2.06. The van der Waals surface area contributed by atoms with Crippen LogP contribution in [0.1, 0.15) is 21.7 Å². The van der Waals surface area contributed by atoms with Crippen LogP contribution in [-0.4, -0.2) is 11.7 Å². The molecular formula is C25H15F2NO4. The molecule has 1 N–H and O–H groups in total. The molecule has 1 amide bonds. The molecular weight excluding hydrogens is 416 g/mol. The van der Waals surface area contributed by atoms with Crippen LogP contribution in [0.15, 0.2) is 81.8 Å². The molecule has 0 atom stereocenters. The Balaban J connectivity index is 1.49. The molecule has 0 radical (unpaired) electrons. The number of anilines is 1. The average molecular weight is 431 g/mol. The SMILES string of the molecule is O=C(Cc1coc2ccc(F)cc12)Nc1c(C(=O)c2ccc(F)cc2)oc2ccccc12. The third-order valence-electron chi connectivity index (χ3n) is 5.14. The van der Waals surface area contributed by atoms with Crippen molar-refractivity contribution in [1.82, 2.24) is 0 Å². The number of halogens is 2. The molecule has 2 heterocycles. The van der Waals surface area contributed by atoms with Gasteiger partial charge in [-0.25, -0.2) is 8.78 Å². The van der Waals surface area contributed by atoms with Gasteiger partial charge in [-0.1, -0.05) is 12.1 Å². The molecule has 0 unspecified atom stereocenters. The summed E-state index contributed by atoms with van der Waals surface area (Å²) < 4.78 is 38.0. The fourth-order valence-electron chi connectivity index (χ4n) is 3.61. The Morgan fingerprint density at radius 1 is 0.844 bits per heavy atom. The van der Waals surface area contributed by atoms with E-state index in [1.54, 1.807) is 24.3 Å². The molecule has 5 aromatic rings. The lowest BCUT2D eigenvalue weighted by molar-refractivity contribution is -0.115. The summed E-state index contributed by atoms with van der Waals surface area (Å²) in [4.78, 5) is 25.9. The van der Waals surface area contributed by atoms with E-state index in [4.69, 9.17) is 8.83 Å². The van der Waals surface area contributed by atoms with Gasteiger partial charge in [-0.2, -0.15) is 0 Å². The molecule has 0 bridgehead atoms. The molecule has 5 nitrogen and oxygen atoms in total. The molecule has 0 fully saturated rings. The monoisotopic (exact) mass is 431 g/mol. The quantitative estimate of drug-likeness (QED) is 0.353. The van der Waals surface area contributed by atoms with Crippen LogP contribution in [0.25, 0.3) is 21.9 Å².